The molecular weight excluding hydrogens is 300 g/mol. The van der Waals surface area contributed by atoms with E-state index in [0.717, 1.165) is 5.56 Å². The van der Waals surface area contributed by atoms with Crippen LogP contribution in [-0.4, -0.2) is 20.5 Å². The third-order valence-corrected chi connectivity index (χ3v) is 4.84. The predicted molar refractivity (Wildman–Crippen MR) is 86.9 cm³/mol. The second-order valence-electron chi connectivity index (χ2n) is 5.33. The summed E-state index contributed by atoms with van der Waals surface area (Å²) in [5.74, 6) is 1.15. The van der Waals surface area contributed by atoms with Gasteiger partial charge in [-0.05, 0) is 48.2 Å². The topological polar surface area (TPSA) is 68.3 Å². The number of anilines is 1. The first-order valence-corrected chi connectivity index (χ1v) is 8.46. The smallest absolute Gasteiger partial charge is 0.263 e. The number of methoxy groups -OCH3 is 1. The lowest BCUT2D eigenvalue weighted by molar-refractivity contribution is 0.406. The van der Waals surface area contributed by atoms with E-state index in [-0.39, 0.29) is 10.8 Å². The van der Waals surface area contributed by atoms with Gasteiger partial charge < -0.3 is 4.74 Å². The van der Waals surface area contributed by atoms with Crippen molar-refractivity contribution < 1.29 is 13.2 Å². The largest absolute Gasteiger partial charge is 0.496 e. The number of aromatic nitrogens is 1. The van der Waals surface area contributed by atoms with Crippen molar-refractivity contribution >= 4 is 15.8 Å². The SMILES string of the molecule is COc1cc(C)c(S(=O)(=O)Nc2ccccn2)cc1C(C)C. The Kier molecular flexibility index (Phi) is 4.71. The molecule has 0 atom stereocenters. The van der Waals surface area contributed by atoms with Gasteiger partial charge in [-0.3, -0.25) is 4.72 Å². The molecule has 0 radical (unpaired) electrons. The van der Waals surface area contributed by atoms with Crippen molar-refractivity contribution in [1.82, 2.24) is 4.98 Å². The van der Waals surface area contributed by atoms with E-state index in [1.54, 1.807) is 44.4 Å². The number of nitrogens with one attached hydrogen (secondary N) is 1. The second kappa shape index (κ2) is 6.36. The minimum absolute atomic E-state index is 0.152. The molecule has 22 heavy (non-hydrogen) atoms. The summed E-state index contributed by atoms with van der Waals surface area (Å²) in [6.07, 6.45) is 1.54. The molecule has 1 heterocycles. The van der Waals surface area contributed by atoms with Crippen LogP contribution in [0.5, 0.6) is 5.75 Å². The van der Waals surface area contributed by atoms with Gasteiger partial charge in [-0.2, -0.15) is 0 Å². The van der Waals surface area contributed by atoms with Crippen LogP contribution in [-0.2, 0) is 10.0 Å². The van der Waals surface area contributed by atoms with Crippen molar-refractivity contribution in [3.63, 3.8) is 0 Å². The quantitative estimate of drug-likeness (QED) is 0.917. The monoisotopic (exact) mass is 320 g/mol. The number of hydrogen-bond acceptors (Lipinski definition) is 4. The Balaban J connectivity index is 2.49. The molecule has 2 aromatic rings. The fourth-order valence-electron chi connectivity index (χ4n) is 2.21. The molecule has 0 aliphatic rings. The Hall–Kier alpha value is -2.08. The maximum atomic E-state index is 12.6. The Labute approximate surface area is 131 Å². The van der Waals surface area contributed by atoms with Crippen molar-refractivity contribution in [3.05, 3.63) is 47.7 Å². The van der Waals surface area contributed by atoms with Gasteiger partial charge in [0, 0.05) is 6.20 Å². The molecule has 0 fully saturated rings. The first-order valence-electron chi connectivity index (χ1n) is 6.97. The van der Waals surface area contributed by atoms with Gasteiger partial charge in [0.2, 0.25) is 0 Å². The molecule has 1 aromatic carbocycles. The maximum Gasteiger partial charge on any atom is 0.263 e. The van der Waals surface area contributed by atoms with Crippen LogP contribution in [0.1, 0.15) is 30.9 Å². The number of ether oxygens (including phenoxy) is 1. The number of aryl methyl sites for hydroxylation is 1. The fraction of sp³-hybridized carbons (Fsp3) is 0.312. The number of sulfonamides is 1. The zero-order valence-electron chi connectivity index (χ0n) is 13.1. The lowest BCUT2D eigenvalue weighted by Gasteiger charge is -2.16. The van der Waals surface area contributed by atoms with Gasteiger partial charge >= 0.3 is 0 Å². The highest BCUT2D eigenvalue weighted by atomic mass is 32.2. The van der Waals surface area contributed by atoms with E-state index in [1.807, 2.05) is 13.8 Å². The van der Waals surface area contributed by atoms with E-state index in [2.05, 4.69) is 9.71 Å². The van der Waals surface area contributed by atoms with Crippen molar-refractivity contribution in [1.29, 1.82) is 0 Å². The summed E-state index contributed by atoms with van der Waals surface area (Å²) < 4.78 is 33.1. The van der Waals surface area contributed by atoms with Gasteiger partial charge in [-0.15, -0.1) is 0 Å². The van der Waals surface area contributed by atoms with Gasteiger partial charge in [0.15, 0.2) is 0 Å². The first kappa shape index (κ1) is 16.3. The van der Waals surface area contributed by atoms with Crippen LogP contribution in [0.25, 0.3) is 0 Å². The fourth-order valence-corrected chi connectivity index (χ4v) is 3.48. The Morgan fingerprint density at radius 3 is 2.50 bits per heavy atom. The highest BCUT2D eigenvalue weighted by Crippen LogP contribution is 2.32. The lowest BCUT2D eigenvalue weighted by atomic mass is 10.0. The zero-order valence-corrected chi connectivity index (χ0v) is 13.9. The minimum Gasteiger partial charge on any atom is -0.496 e. The van der Waals surface area contributed by atoms with Crippen LogP contribution in [0, 0.1) is 6.92 Å². The van der Waals surface area contributed by atoms with Gasteiger partial charge in [0.25, 0.3) is 10.0 Å². The molecule has 0 saturated carbocycles. The van der Waals surface area contributed by atoms with Gasteiger partial charge in [0.1, 0.15) is 11.6 Å². The van der Waals surface area contributed by atoms with Crippen LogP contribution in [0.2, 0.25) is 0 Å². The van der Waals surface area contributed by atoms with Crippen molar-refractivity contribution in [2.45, 2.75) is 31.6 Å². The number of pyridine rings is 1. The molecule has 6 heteroatoms. The first-order chi connectivity index (χ1) is 10.3. The summed E-state index contributed by atoms with van der Waals surface area (Å²) in [4.78, 5) is 4.23. The molecular formula is C16H20N2O3S. The number of nitrogens with zero attached hydrogens (tertiary/aromatic N) is 1. The second-order valence-corrected chi connectivity index (χ2v) is 6.99. The van der Waals surface area contributed by atoms with Gasteiger partial charge in [-0.25, -0.2) is 13.4 Å². The van der Waals surface area contributed by atoms with E-state index in [1.165, 1.54) is 6.20 Å². The van der Waals surface area contributed by atoms with Crippen LogP contribution in [0.4, 0.5) is 5.82 Å². The van der Waals surface area contributed by atoms with E-state index in [4.69, 9.17) is 4.74 Å². The van der Waals surface area contributed by atoms with Crippen molar-refractivity contribution in [2.75, 3.05) is 11.8 Å². The van der Waals surface area contributed by atoms with E-state index in [0.29, 0.717) is 17.1 Å². The van der Waals surface area contributed by atoms with Crippen molar-refractivity contribution in [2.24, 2.45) is 0 Å². The Bertz CT molecular complexity index is 756. The molecule has 2 rings (SSSR count). The summed E-state index contributed by atoms with van der Waals surface area (Å²) in [5, 5.41) is 0. The number of benzene rings is 1. The average molecular weight is 320 g/mol. The number of rotatable bonds is 5. The van der Waals surface area contributed by atoms with E-state index < -0.39 is 10.0 Å². The Morgan fingerprint density at radius 2 is 1.95 bits per heavy atom. The molecule has 5 nitrogen and oxygen atoms in total. The molecule has 1 aromatic heterocycles. The molecule has 0 saturated heterocycles. The van der Waals surface area contributed by atoms with Gasteiger partial charge in [0.05, 0.1) is 12.0 Å². The molecule has 0 bridgehead atoms. The predicted octanol–water partition coefficient (Wildman–Crippen LogP) is 3.32. The summed E-state index contributed by atoms with van der Waals surface area (Å²) in [5.41, 5.74) is 1.49. The zero-order chi connectivity index (χ0) is 16.3. The summed E-state index contributed by atoms with van der Waals surface area (Å²) in [7, 11) is -2.11. The molecule has 118 valence electrons. The molecule has 1 N–H and O–H groups in total. The molecule has 0 amide bonds. The molecule has 0 spiro atoms. The molecule has 0 aliphatic heterocycles. The summed E-state index contributed by atoms with van der Waals surface area (Å²) in [6.45, 7) is 5.74. The summed E-state index contributed by atoms with van der Waals surface area (Å²) >= 11 is 0. The number of hydrogen-bond donors (Lipinski definition) is 1. The minimum atomic E-state index is -3.69. The van der Waals surface area contributed by atoms with Gasteiger partial charge in [-0.1, -0.05) is 19.9 Å². The van der Waals surface area contributed by atoms with E-state index >= 15 is 0 Å². The lowest BCUT2D eigenvalue weighted by Crippen LogP contribution is -2.16. The third-order valence-electron chi connectivity index (χ3n) is 3.34. The maximum absolute atomic E-state index is 12.6. The molecule has 0 unspecified atom stereocenters. The summed E-state index contributed by atoms with van der Waals surface area (Å²) in [6, 6.07) is 8.49. The molecule has 0 aliphatic carbocycles. The Morgan fingerprint density at radius 1 is 1.23 bits per heavy atom. The third kappa shape index (κ3) is 3.39. The van der Waals surface area contributed by atoms with Crippen LogP contribution < -0.4 is 9.46 Å². The van der Waals surface area contributed by atoms with E-state index in [9.17, 15) is 8.42 Å². The standard InChI is InChI=1S/C16H20N2O3S/c1-11(2)13-10-15(12(3)9-14(13)21-4)22(19,20)18-16-7-5-6-8-17-16/h5-11H,1-4H3,(H,17,18). The van der Waals surface area contributed by atoms with Crippen molar-refractivity contribution in [3.8, 4) is 5.75 Å². The average Bonchev–Trinajstić information content (AvgIpc) is 2.46. The normalized spacial score (nSPS) is 11.5. The van der Waals surface area contributed by atoms with Crippen LogP contribution in [0.3, 0.4) is 0 Å². The van der Waals surface area contributed by atoms with Crippen LogP contribution in [0.15, 0.2) is 41.4 Å². The highest BCUT2D eigenvalue weighted by Gasteiger charge is 2.21. The van der Waals surface area contributed by atoms with Crippen LogP contribution >= 0.6 is 0 Å². The highest BCUT2D eigenvalue weighted by molar-refractivity contribution is 7.92.